The molecule has 0 aromatic heterocycles. The van der Waals surface area contributed by atoms with E-state index in [0.29, 0.717) is 0 Å². The lowest BCUT2D eigenvalue weighted by Crippen LogP contribution is -2.34. The van der Waals surface area contributed by atoms with Crippen molar-refractivity contribution in [3.05, 3.63) is 0 Å². The minimum atomic E-state index is 0.988. The van der Waals surface area contributed by atoms with E-state index in [0.717, 1.165) is 5.92 Å². The Labute approximate surface area is 122 Å². The van der Waals surface area contributed by atoms with Crippen molar-refractivity contribution < 1.29 is 0 Å². The van der Waals surface area contributed by atoms with Crippen LogP contribution in [0, 0.1) is 5.92 Å². The van der Waals surface area contributed by atoms with Gasteiger partial charge in [0.2, 0.25) is 0 Å². The van der Waals surface area contributed by atoms with E-state index in [1.165, 1.54) is 96.7 Å². The normalized spacial score (nSPS) is 18.6. The molecule has 1 rings (SSSR count). The number of hydrogen-bond acceptors (Lipinski definition) is 1. The van der Waals surface area contributed by atoms with Gasteiger partial charge in [-0.3, -0.25) is 0 Å². The highest BCUT2D eigenvalue weighted by Crippen LogP contribution is 2.21. The summed E-state index contributed by atoms with van der Waals surface area (Å²) in [6.45, 7) is 8.78. The SMILES string of the molecule is CCCCCCC(CCCCC)CN1CCCCC1. The number of rotatable bonds is 11. The average molecular weight is 268 g/mol. The molecule has 0 spiro atoms. The highest BCUT2D eigenvalue weighted by atomic mass is 15.1. The van der Waals surface area contributed by atoms with E-state index in [9.17, 15) is 0 Å². The van der Waals surface area contributed by atoms with E-state index < -0.39 is 0 Å². The van der Waals surface area contributed by atoms with Crippen molar-refractivity contribution in [1.29, 1.82) is 0 Å². The van der Waals surface area contributed by atoms with Gasteiger partial charge in [-0.05, 0) is 44.7 Å². The second-order valence-electron chi connectivity index (χ2n) is 6.57. The zero-order valence-electron chi connectivity index (χ0n) is 13.6. The van der Waals surface area contributed by atoms with E-state index in [2.05, 4.69) is 18.7 Å². The zero-order chi connectivity index (χ0) is 13.8. The molecule has 0 N–H and O–H groups in total. The number of nitrogens with zero attached hydrogens (tertiary/aromatic N) is 1. The first kappa shape index (κ1) is 17.0. The fourth-order valence-electron chi connectivity index (χ4n) is 3.38. The van der Waals surface area contributed by atoms with Crippen molar-refractivity contribution in [3.8, 4) is 0 Å². The molecule has 0 amide bonds. The summed E-state index contributed by atoms with van der Waals surface area (Å²) >= 11 is 0. The van der Waals surface area contributed by atoms with Crippen molar-refractivity contribution in [3.63, 3.8) is 0 Å². The van der Waals surface area contributed by atoms with Crippen molar-refractivity contribution in [2.75, 3.05) is 19.6 Å². The molecule has 1 unspecified atom stereocenters. The Hall–Kier alpha value is -0.0400. The molecule has 1 heterocycles. The smallest absolute Gasteiger partial charge is 0.000965 e. The summed E-state index contributed by atoms with van der Waals surface area (Å²) in [7, 11) is 0. The molecule has 114 valence electrons. The summed E-state index contributed by atoms with van der Waals surface area (Å²) < 4.78 is 0. The number of unbranched alkanes of at least 4 members (excludes halogenated alkanes) is 5. The third-order valence-corrected chi connectivity index (χ3v) is 4.65. The first-order chi connectivity index (χ1) is 9.36. The van der Waals surface area contributed by atoms with Gasteiger partial charge in [0.1, 0.15) is 0 Å². The Morgan fingerprint density at radius 3 is 1.95 bits per heavy atom. The van der Waals surface area contributed by atoms with Crippen LogP contribution in [-0.2, 0) is 0 Å². The second-order valence-corrected chi connectivity index (χ2v) is 6.57. The first-order valence-corrected chi connectivity index (χ1v) is 9.09. The number of likely N-dealkylation sites (tertiary alicyclic amines) is 1. The minimum absolute atomic E-state index is 0.988. The molecule has 0 aliphatic carbocycles. The maximum absolute atomic E-state index is 2.75. The molecule has 1 aliphatic rings. The molecule has 0 saturated carbocycles. The molecule has 0 aromatic carbocycles. The van der Waals surface area contributed by atoms with Gasteiger partial charge < -0.3 is 4.90 Å². The van der Waals surface area contributed by atoms with Gasteiger partial charge in [-0.2, -0.15) is 0 Å². The summed E-state index contributed by atoms with van der Waals surface area (Å²) in [6, 6.07) is 0. The third kappa shape index (κ3) is 8.68. The molecule has 1 heteroatoms. The lowest BCUT2D eigenvalue weighted by atomic mass is 9.93. The quantitative estimate of drug-likeness (QED) is 0.438. The average Bonchev–Trinajstić information content (AvgIpc) is 2.44. The van der Waals surface area contributed by atoms with Crippen LogP contribution >= 0.6 is 0 Å². The van der Waals surface area contributed by atoms with E-state index >= 15 is 0 Å². The fraction of sp³-hybridized carbons (Fsp3) is 1.00. The van der Waals surface area contributed by atoms with E-state index in [4.69, 9.17) is 0 Å². The first-order valence-electron chi connectivity index (χ1n) is 9.09. The van der Waals surface area contributed by atoms with Crippen LogP contribution in [0.5, 0.6) is 0 Å². The molecular formula is C18H37N. The van der Waals surface area contributed by atoms with Gasteiger partial charge in [-0.1, -0.05) is 65.2 Å². The standard InChI is InChI=1S/C18H37N/c1-3-5-7-10-14-18(13-9-6-4-2)17-19-15-11-8-12-16-19/h18H,3-17H2,1-2H3. The molecule has 19 heavy (non-hydrogen) atoms. The van der Waals surface area contributed by atoms with Crippen LogP contribution in [0.4, 0.5) is 0 Å². The maximum atomic E-state index is 2.75. The lowest BCUT2D eigenvalue weighted by Gasteiger charge is -2.30. The predicted octanol–water partition coefficient (Wildman–Crippen LogP) is 5.64. The molecular weight excluding hydrogens is 230 g/mol. The Morgan fingerprint density at radius 2 is 1.32 bits per heavy atom. The maximum Gasteiger partial charge on any atom is 0.000965 e. The molecule has 0 bridgehead atoms. The van der Waals surface area contributed by atoms with Crippen LogP contribution in [0.25, 0.3) is 0 Å². The largest absolute Gasteiger partial charge is 0.303 e. The van der Waals surface area contributed by atoms with Crippen LogP contribution in [0.15, 0.2) is 0 Å². The van der Waals surface area contributed by atoms with Crippen LogP contribution in [0.3, 0.4) is 0 Å². The van der Waals surface area contributed by atoms with Gasteiger partial charge in [-0.25, -0.2) is 0 Å². The van der Waals surface area contributed by atoms with Crippen LogP contribution in [0.2, 0.25) is 0 Å². The van der Waals surface area contributed by atoms with Gasteiger partial charge in [0.25, 0.3) is 0 Å². The van der Waals surface area contributed by atoms with Crippen LogP contribution < -0.4 is 0 Å². The Morgan fingerprint density at radius 1 is 0.737 bits per heavy atom. The van der Waals surface area contributed by atoms with Gasteiger partial charge in [0.15, 0.2) is 0 Å². The van der Waals surface area contributed by atoms with Crippen molar-refractivity contribution in [1.82, 2.24) is 4.90 Å². The zero-order valence-corrected chi connectivity index (χ0v) is 13.6. The van der Waals surface area contributed by atoms with Crippen LogP contribution in [-0.4, -0.2) is 24.5 Å². The predicted molar refractivity (Wildman–Crippen MR) is 86.7 cm³/mol. The van der Waals surface area contributed by atoms with Crippen molar-refractivity contribution in [2.24, 2.45) is 5.92 Å². The van der Waals surface area contributed by atoms with Gasteiger partial charge in [0, 0.05) is 6.54 Å². The molecule has 1 atom stereocenters. The highest BCUT2D eigenvalue weighted by molar-refractivity contribution is 4.70. The molecule has 0 radical (unpaired) electrons. The summed E-state index contributed by atoms with van der Waals surface area (Å²) in [5, 5.41) is 0. The minimum Gasteiger partial charge on any atom is -0.303 e. The monoisotopic (exact) mass is 267 g/mol. The van der Waals surface area contributed by atoms with Crippen LogP contribution in [0.1, 0.15) is 90.9 Å². The molecule has 1 nitrogen and oxygen atoms in total. The summed E-state index contributed by atoms with van der Waals surface area (Å²) in [5.41, 5.74) is 0. The van der Waals surface area contributed by atoms with Gasteiger partial charge in [0.05, 0.1) is 0 Å². The Kier molecular flexibility index (Phi) is 10.5. The van der Waals surface area contributed by atoms with Crippen molar-refractivity contribution >= 4 is 0 Å². The molecule has 0 aromatic rings. The highest BCUT2D eigenvalue weighted by Gasteiger charge is 2.16. The van der Waals surface area contributed by atoms with Crippen molar-refractivity contribution in [2.45, 2.75) is 90.9 Å². The Bertz CT molecular complexity index is 184. The van der Waals surface area contributed by atoms with Gasteiger partial charge >= 0.3 is 0 Å². The number of hydrogen-bond donors (Lipinski definition) is 0. The fourth-order valence-corrected chi connectivity index (χ4v) is 3.38. The molecule has 1 fully saturated rings. The Balaban J connectivity index is 2.21. The van der Waals surface area contributed by atoms with E-state index in [-0.39, 0.29) is 0 Å². The van der Waals surface area contributed by atoms with Gasteiger partial charge in [-0.15, -0.1) is 0 Å². The number of piperidine rings is 1. The van der Waals surface area contributed by atoms with E-state index in [1.54, 1.807) is 0 Å². The summed E-state index contributed by atoms with van der Waals surface area (Å²) in [4.78, 5) is 2.75. The third-order valence-electron chi connectivity index (χ3n) is 4.65. The molecule has 1 saturated heterocycles. The lowest BCUT2D eigenvalue weighted by molar-refractivity contribution is 0.182. The van der Waals surface area contributed by atoms with E-state index in [1.807, 2.05) is 0 Å². The molecule has 1 aliphatic heterocycles. The second kappa shape index (κ2) is 11.8. The summed E-state index contributed by atoms with van der Waals surface area (Å²) in [5.74, 6) is 0.988. The summed E-state index contributed by atoms with van der Waals surface area (Å²) in [6.07, 6.45) is 17.3. The topological polar surface area (TPSA) is 3.24 Å².